The van der Waals surface area contributed by atoms with Crippen molar-refractivity contribution in [1.29, 1.82) is 0 Å². The van der Waals surface area contributed by atoms with Crippen molar-refractivity contribution < 1.29 is 19.4 Å². The number of ether oxygens (including phenoxy) is 1. The van der Waals surface area contributed by atoms with Crippen LogP contribution < -0.4 is 0 Å². The van der Waals surface area contributed by atoms with Gasteiger partial charge in [0.25, 0.3) is 5.91 Å². The van der Waals surface area contributed by atoms with Gasteiger partial charge in [-0.15, -0.1) is 0 Å². The van der Waals surface area contributed by atoms with Crippen molar-refractivity contribution in [2.24, 2.45) is 0 Å². The largest absolute Gasteiger partial charge is 0.481 e. The van der Waals surface area contributed by atoms with E-state index in [1.165, 1.54) is 0 Å². The monoisotopic (exact) mass is 316 g/mol. The van der Waals surface area contributed by atoms with Crippen LogP contribution in [0.4, 0.5) is 0 Å². The summed E-state index contributed by atoms with van der Waals surface area (Å²) in [4.78, 5) is 25.7. The first-order valence-corrected chi connectivity index (χ1v) is 7.80. The number of fused-ring (bicyclic) bond motifs is 1. The molecule has 1 saturated heterocycles. The van der Waals surface area contributed by atoms with Gasteiger partial charge in [0.15, 0.2) is 0 Å². The number of aromatic nitrogens is 1. The lowest BCUT2D eigenvalue weighted by Crippen LogP contribution is -2.49. The molecule has 3 rings (SSSR count). The molecule has 122 valence electrons. The van der Waals surface area contributed by atoms with Gasteiger partial charge in [0.1, 0.15) is 0 Å². The number of amides is 1. The Hall–Kier alpha value is -2.34. The van der Waals surface area contributed by atoms with Gasteiger partial charge in [0, 0.05) is 30.2 Å². The summed E-state index contributed by atoms with van der Waals surface area (Å²) in [7, 11) is 0. The molecule has 1 aromatic carbocycles. The maximum Gasteiger partial charge on any atom is 0.305 e. The van der Waals surface area contributed by atoms with Crippen molar-refractivity contribution in [2.45, 2.75) is 25.9 Å². The van der Waals surface area contributed by atoms with Gasteiger partial charge in [-0.3, -0.25) is 9.59 Å². The predicted octanol–water partition coefficient (Wildman–Crippen LogP) is 1.98. The summed E-state index contributed by atoms with van der Waals surface area (Å²) in [5.41, 5.74) is 1.64. The number of benzene rings is 1. The molecular weight excluding hydrogens is 296 g/mol. The summed E-state index contributed by atoms with van der Waals surface area (Å²) in [5, 5.41) is 9.95. The Bertz CT molecular complexity index is 737. The summed E-state index contributed by atoms with van der Waals surface area (Å²) in [6.07, 6.45) is 1.76. The number of carbonyl (C=O) groups excluding carboxylic acids is 1. The van der Waals surface area contributed by atoms with E-state index < -0.39 is 12.0 Å². The maximum absolute atomic E-state index is 13.0. The summed E-state index contributed by atoms with van der Waals surface area (Å²) in [6.45, 7) is 3.93. The van der Waals surface area contributed by atoms with E-state index >= 15 is 0 Å². The van der Waals surface area contributed by atoms with E-state index in [9.17, 15) is 9.59 Å². The van der Waals surface area contributed by atoms with Crippen LogP contribution in [0, 0.1) is 0 Å². The van der Waals surface area contributed by atoms with Crippen LogP contribution in [0.2, 0.25) is 0 Å². The third kappa shape index (κ3) is 2.94. The molecule has 1 aromatic heterocycles. The molecule has 0 aliphatic carbocycles. The lowest BCUT2D eigenvalue weighted by atomic mass is 10.1. The molecule has 0 radical (unpaired) electrons. The van der Waals surface area contributed by atoms with E-state index in [-0.39, 0.29) is 18.9 Å². The zero-order valence-electron chi connectivity index (χ0n) is 13.1. The van der Waals surface area contributed by atoms with Crippen LogP contribution in [-0.2, 0) is 16.1 Å². The Labute approximate surface area is 134 Å². The average molecular weight is 316 g/mol. The molecule has 0 bridgehead atoms. The smallest absolute Gasteiger partial charge is 0.305 e. The van der Waals surface area contributed by atoms with Crippen LogP contribution in [0.5, 0.6) is 0 Å². The predicted molar refractivity (Wildman–Crippen MR) is 85.5 cm³/mol. The first-order valence-electron chi connectivity index (χ1n) is 7.80. The number of carbonyl (C=O) groups is 2. The quantitative estimate of drug-likeness (QED) is 0.936. The molecule has 1 fully saturated rings. The summed E-state index contributed by atoms with van der Waals surface area (Å²) >= 11 is 0. The fourth-order valence-corrected chi connectivity index (χ4v) is 3.13. The second-order valence-electron chi connectivity index (χ2n) is 5.67. The van der Waals surface area contributed by atoms with Crippen LogP contribution >= 0.6 is 0 Å². The Morgan fingerprint density at radius 1 is 1.35 bits per heavy atom. The standard InChI is InChI=1S/C17H20N2O4/c1-2-18-10-14(13-5-3-4-6-15(13)18)17(22)19-7-8-23-11-12(19)9-16(20)21/h3-6,10,12H,2,7-9,11H2,1H3,(H,20,21). The van der Waals surface area contributed by atoms with E-state index in [0.717, 1.165) is 17.4 Å². The molecular formula is C17H20N2O4. The number of hydrogen-bond acceptors (Lipinski definition) is 3. The molecule has 1 N–H and O–H groups in total. The van der Waals surface area contributed by atoms with E-state index in [4.69, 9.17) is 9.84 Å². The third-order valence-corrected chi connectivity index (χ3v) is 4.26. The van der Waals surface area contributed by atoms with Crippen LogP contribution in [0.25, 0.3) is 10.9 Å². The Morgan fingerprint density at radius 2 is 2.13 bits per heavy atom. The Morgan fingerprint density at radius 3 is 2.87 bits per heavy atom. The van der Waals surface area contributed by atoms with Crippen LogP contribution in [-0.4, -0.2) is 52.3 Å². The van der Waals surface area contributed by atoms with E-state index in [1.54, 1.807) is 4.90 Å². The van der Waals surface area contributed by atoms with Crippen LogP contribution in [0.3, 0.4) is 0 Å². The molecule has 1 aliphatic rings. The number of carboxylic acids is 1. The fraction of sp³-hybridized carbons (Fsp3) is 0.412. The molecule has 2 heterocycles. The molecule has 0 saturated carbocycles. The highest BCUT2D eigenvalue weighted by Crippen LogP contribution is 2.24. The topological polar surface area (TPSA) is 71.8 Å². The minimum Gasteiger partial charge on any atom is -0.481 e. The van der Waals surface area contributed by atoms with Crippen LogP contribution in [0.15, 0.2) is 30.5 Å². The number of nitrogens with zero attached hydrogens (tertiary/aromatic N) is 2. The molecule has 23 heavy (non-hydrogen) atoms. The van der Waals surface area contributed by atoms with Crippen molar-refractivity contribution >= 4 is 22.8 Å². The summed E-state index contributed by atoms with van der Waals surface area (Å²) in [5.74, 6) is -1.04. The summed E-state index contributed by atoms with van der Waals surface area (Å²) < 4.78 is 7.39. The number of carboxylic acid groups (broad SMARTS) is 1. The van der Waals surface area contributed by atoms with Gasteiger partial charge < -0.3 is 19.3 Å². The van der Waals surface area contributed by atoms with Crippen molar-refractivity contribution in [3.63, 3.8) is 0 Å². The SMILES string of the molecule is CCn1cc(C(=O)N2CCOCC2CC(=O)O)c2ccccc21. The van der Waals surface area contributed by atoms with E-state index in [2.05, 4.69) is 0 Å². The van der Waals surface area contributed by atoms with Crippen LogP contribution in [0.1, 0.15) is 23.7 Å². The molecule has 1 aliphatic heterocycles. The van der Waals surface area contributed by atoms with Gasteiger partial charge in [-0.25, -0.2) is 0 Å². The van der Waals surface area contributed by atoms with E-state index in [0.29, 0.717) is 18.7 Å². The number of rotatable bonds is 4. The third-order valence-electron chi connectivity index (χ3n) is 4.26. The molecule has 1 amide bonds. The lowest BCUT2D eigenvalue weighted by molar-refractivity contribution is -0.139. The maximum atomic E-state index is 13.0. The normalized spacial score (nSPS) is 18.3. The molecule has 1 atom stereocenters. The van der Waals surface area contributed by atoms with Crippen molar-refractivity contribution in [3.05, 3.63) is 36.0 Å². The number of morpholine rings is 1. The first-order chi connectivity index (χ1) is 11.1. The zero-order valence-corrected chi connectivity index (χ0v) is 13.1. The van der Waals surface area contributed by atoms with Gasteiger partial charge in [-0.1, -0.05) is 18.2 Å². The van der Waals surface area contributed by atoms with Gasteiger partial charge in [-0.05, 0) is 13.0 Å². The first kappa shape index (κ1) is 15.6. The van der Waals surface area contributed by atoms with Crippen molar-refractivity contribution in [1.82, 2.24) is 9.47 Å². The molecule has 0 spiro atoms. The second kappa shape index (κ2) is 6.42. The number of para-hydroxylation sites is 1. The van der Waals surface area contributed by atoms with Crippen molar-refractivity contribution in [3.8, 4) is 0 Å². The van der Waals surface area contributed by atoms with Crippen molar-refractivity contribution in [2.75, 3.05) is 19.8 Å². The average Bonchev–Trinajstić information content (AvgIpc) is 2.93. The highest BCUT2D eigenvalue weighted by molar-refractivity contribution is 6.07. The number of aliphatic carboxylic acids is 1. The zero-order chi connectivity index (χ0) is 16.4. The van der Waals surface area contributed by atoms with Gasteiger partial charge in [-0.2, -0.15) is 0 Å². The highest BCUT2D eigenvalue weighted by Gasteiger charge is 2.31. The Balaban J connectivity index is 1.97. The van der Waals surface area contributed by atoms with E-state index in [1.807, 2.05) is 42.0 Å². The highest BCUT2D eigenvalue weighted by atomic mass is 16.5. The van der Waals surface area contributed by atoms with Gasteiger partial charge in [0.05, 0.1) is 31.2 Å². The molecule has 6 heteroatoms. The lowest BCUT2D eigenvalue weighted by Gasteiger charge is -2.34. The fourth-order valence-electron chi connectivity index (χ4n) is 3.13. The number of hydrogen-bond donors (Lipinski definition) is 1. The molecule has 6 nitrogen and oxygen atoms in total. The second-order valence-corrected chi connectivity index (χ2v) is 5.67. The summed E-state index contributed by atoms with van der Waals surface area (Å²) in [6, 6.07) is 7.36. The molecule has 2 aromatic rings. The minimum atomic E-state index is -0.922. The minimum absolute atomic E-state index is 0.0990. The number of aryl methyl sites for hydroxylation is 1. The van der Waals surface area contributed by atoms with Gasteiger partial charge in [0.2, 0.25) is 0 Å². The molecule has 1 unspecified atom stereocenters. The van der Waals surface area contributed by atoms with Gasteiger partial charge >= 0.3 is 5.97 Å². The Kier molecular flexibility index (Phi) is 4.34.